The number of likely N-dealkylation sites (tertiary alicyclic amines) is 1. The molecule has 3 fully saturated rings. The van der Waals surface area contributed by atoms with E-state index >= 15 is 0 Å². The molecule has 2 atom stereocenters. The Bertz CT molecular complexity index is 896. The number of carbonyl (C=O) groups excluding carboxylic acids is 3. The monoisotopic (exact) mass is 390 g/mol. The number of sulfonamides is 1. The minimum absolute atomic E-state index is 0.124. The number of nitrogens with zero attached hydrogens (tertiary/aromatic N) is 2. The van der Waals surface area contributed by atoms with Crippen molar-refractivity contribution in [3.8, 4) is 0 Å². The lowest BCUT2D eigenvalue weighted by molar-refractivity contribution is -0.142. The smallest absolute Gasteiger partial charge is 0.243 e. The molecule has 0 aromatic heterocycles. The Labute approximate surface area is 158 Å². The van der Waals surface area contributed by atoms with E-state index in [1.165, 1.54) is 24.0 Å². The Morgan fingerprint density at radius 3 is 2.15 bits per heavy atom. The molecular formula is C19H22N2O5S. The highest BCUT2D eigenvalue weighted by Gasteiger charge is 2.50. The summed E-state index contributed by atoms with van der Waals surface area (Å²) < 4.78 is 28.0. The van der Waals surface area contributed by atoms with Crippen molar-refractivity contribution in [3.05, 3.63) is 29.8 Å². The summed E-state index contributed by atoms with van der Waals surface area (Å²) in [5.41, 5.74) is 0.367. The number of benzene rings is 1. The zero-order chi connectivity index (χ0) is 19.3. The van der Waals surface area contributed by atoms with Crippen molar-refractivity contribution in [2.45, 2.75) is 68.5 Å². The van der Waals surface area contributed by atoms with Crippen molar-refractivity contribution in [2.24, 2.45) is 0 Å². The van der Waals surface area contributed by atoms with Gasteiger partial charge >= 0.3 is 0 Å². The van der Waals surface area contributed by atoms with E-state index < -0.39 is 10.0 Å². The van der Waals surface area contributed by atoms with E-state index in [0.717, 1.165) is 12.8 Å². The van der Waals surface area contributed by atoms with Crippen LogP contribution in [0.5, 0.6) is 0 Å². The topological polar surface area (TPSA) is 91.8 Å². The molecule has 2 bridgehead atoms. The van der Waals surface area contributed by atoms with Crippen molar-refractivity contribution < 1.29 is 22.8 Å². The van der Waals surface area contributed by atoms with Crippen molar-refractivity contribution in [1.82, 2.24) is 9.21 Å². The van der Waals surface area contributed by atoms with Crippen LogP contribution >= 0.6 is 0 Å². The molecule has 4 rings (SSSR count). The maximum atomic E-state index is 13.2. The van der Waals surface area contributed by atoms with Gasteiger partial charge in [-0.15, -0.1) is 0 Å². The summed E-state index contributed by atoms with van der Waals surface area (Å²) in [5, 5.41) is 0. The summed E-state index contributed by atoms with van der Waals surface area (Å²) in [6.07, 6.45) is 2.93. The van der Waals surface area contributed by atoms with Gasteiger partial charge in [-0.2, -0.15) is 4.31 Å². The first kappa shape index (κ1) is 18.3. The van der Waals surface area contributed by atoms with Crippen LogP contribution in [0.2, 0.25) is 0 Å². The molecule has 2 unspecified atom stereocenters. The molecule has 3 saturated heterocycles. The van der Waals surface area contributed by atoms with Gasteiger partial charge in [0.15, 0.2) is 5.78 Å². The summed E-state index contributed by atoms with van der Waals surface area (Å²) in [5.74, 6) is -0.468. The molecule has 0 aliphatic carbocycles. The second-order valence-electron chi connectivity index (χ2n) is 7.59. The lowest BCUT2D eigenvalue weighted by atomic mass is 9.98. The molecule has 7 nitrogen and oxygen atoms in total. The molecule has 0 N–H and O–H groups in total. The number of hydrogen-bond acceptors (Lipinski definition) is 5. The van der Waals surface area contributed by atoms with E-state index in [0.29, 0.717) is 18.4 Å². The molecule has 27 heavy (non-hydrogen) atoms. The molecular weight excluding hydrogens is 368 g/mol. The quantitative estimate of drug-likeness (QED) is 0.577. The molecule has 1 aromatic rings. The van der Waals surface area contributed by atoms with Gasteiger partial charge in [0.05, 0.1) is 4.90 Å². The highest BCUT2D eigenvalue weighted by molar-refractivity contribution is 7.89. The third-order valence-electron chi connectivity index (χ3n) is 5.91. The molecule has 0 radical (unpaired) electrons. The van der Waals surface area contributed by atoms with Crippen molar-refractivity contribution in [3.63, 3.8) is 0 Å². The Morgan fingerprint density at radius 2 is 1.59 bits per heavy atom. The molecule has 3 aliphatic rings. The second kappa shape index (κ2) is 6.53. The van der Waals surface area contributed by atoms with Gasteiger partial charge in [0.25, 0.3) is 0 Å². The van der Waals surface area contributed by atoms with Crippen molar-refractivity contribution in [2.75, 3.05) is 0 Å². The van der Waals surface area contributed by atoms with Crippen LogP contribution in [0.25, 0.3) is 0 Å². The number of fused-ring (bicyclic) bond motifs is 2. The Balaban J connectivity index is 1.61. The van der Waals surface area contributed by atoms with Crippen molar-refractivity contribution in [1.29, 1.82) is 0 Å². The zero-order valence-electron chi connectivity index (χ0n) is 15.1. The maximum Gasteiger partial charge on any atom is 0.243 e. The van der Waals surface area contributed by atoms with Crippen LogP contribution in [-0.2, 0) is 19.6 Å². The van der Waals surface area contributed by atoms with Gasteiger partial charge in [-0.1, -0.05) is 12.1 Å². The van der Waals surface area contributed by atoms with Crippen LogP contribution in [0.3, 0.4) is 0 Å². The number of carbonyl (C=O) groups is 3. The highest BCUT2D eigenvalue weighted by Crippen LogP contribution is 2.42. The number of amides is 2. The van der Waals surface area contributed by atoms with Crippen molar-refractivity contribution >= 4 is 27.6 Å². The number of Topliss-reactive ketones (excluding diaryl/α,β-unsaturated/α-hetero) is 1. The first-order chi connectivity index (χ1) is 12.8. The highest BCUT2D eigenvalue weighted by atomic mass is 32.2. The molecule has 144 valence electrons. The molecule has 3 heterocycles. The predicted octanol–water partition coefficient (Wildman–Crippen LogP) is 1.72. The summed E-state index contributed by atoms with van der Waals surface area (Å²) in [6.45, 7) is 1.41. The third kappa shape index (κ3) is 3.00. The molecule has 2 amide bonds. The number of ketones is 1. The summed E-state index contributed by atoms with van der Waals surface area (Å²) in [6, 6.07) is 5.48. The van der Waals surface area contributed by atoms with Gasteiger partial charge in [-0.25, -0.2) is 8.42 Å². The third-order valence-corrected chi connectivity index (χ3v) is 7.91. The fourth-order valence-electron chi connectivity index (χ4n) is 4.71. The molecule has 3 aliphatic heterocycles. The number of rotatable bonds is 4. The van der Waals surface area contributed by atoms with E-state index in [2.05, 4.69) is 0 Å². The predicted molar refractivity (Wildman–Crippen MR) is 96.4 cm³/mol. The van der Waals surface area contributed by atoms with E-state index in [1.54, 1.807) is 16.4 Å². The van der Waals surface area contributed by atoms with Crippen LogP contribution in [-0.4, -0.2) is 53.3 Å². The van der Waals surface area contributed by atoms with Crippen LogP contribution in [0.1, 0.15) is 55.8 Å². The zero-order valence-corrected chi connectivity index (χ0v) is 15.9. The average Bonchev–Trinajstić information content (AvgIpc) is 3.11. The molecule has 0 spiro atoms. The lowest BCUT2D eigenvalue weighted by Gasteiger charge is -2.40. The van der Waals surface area contributed by atoms with Gasteiger partial charge in [-0.05, 0) is 44.7 Å². The van der Waals surface area contributed by atoms with E-state index in [-0.39, 0.29) is 53.5 Å². The Kier molecular flexibility index (Phi) is 4.43. The van der Waals surface area contributed by atoms with E-state index in [4.69, 9.17) is 0 Å². The number of piperidine rings is 1. The van der Waals surface area contributed by atoms with E-state index in [9.17, 15) is 22.8 Å². The van der Waals surface area contributed by atoms with Crippen LogP contribution in [0.4, 0.5) is 0 Å². The SMILES string of the molecule is CC(=O)c1cccc(S(=O)(=O)N2C3CCC2CC(N2C(=O)CCC2=O)C3)c1. The summed E-state index contributed by atoms with van der Waals surface area (Å²) >= 11 is 0. The van der Waals surface area contributed by atoms with Gasteiger partial charge in [0.2, 0.25) is 21.8 Å². The largest absolute Gasteiger partial charge is 0.295 e. The Hall–Kier alpha value is -2.06. The first-order valence-corrected chi connectivity index (χ1v) is 10.7. The van der Waals surface area contributed by atoms with Gasteiger partial charge in [0, 0.05) is 36.5 Å². The fourth-order valence-corrected chi connectivity index (χ4v) is 6.64. The Morgan fingerprint density at radius 1 is 1.00 bits per heavy atom. The van der Waals surface area contributed by atoms with Crippen LogP contribution < -0.4 is 0 Å². The summed E-state index contributed by atoms with van der Waals surface area (Å²) in [7, 11) is -3.74. The standard InChI is InChI=1S/C19H22N2O5S/c1-12(22)13-3-2-4-17(9-13)27(25,26)21-14-5-6-15(21)11-16(10-14)20-18(23)7-8-19(20)24/h2-4,9,14-16H,5-8,10-11H2,1H3. The van der Waals surface area contributed by atoms with Gasteiger partial charge in [0.1, 0.15) is 0 Å². The van der Waals surface area contributed by atoms with Crippen LogP contribution in [0.15, 0.2) is 29.2 Å². The number of imide groups is 1. The number of hydrogen-bond donors (Lipinski definition) is 0. The molecule has 1 aromatic carbocycles. The van der Waals surface area contributed by atoms with Gasteiger partial charge < -0.3 is 0 Å². The van der Waals surface area contributed by atoms with Gasteiger partial charge in [-0.3, -0.25) is 19.3 Å². The van der Waals surface area contributed by atoms with Crippen LogP contribution in [0, 0.1) is 0 Å². The van der Waals surface area contributed by atoms with E-state index in [1.807, 2.05) is 0 Å². The second-order valence-corrected chi connectivity index (χ2v) is 9.43. The lowest BCUT2D eigenvalue weighted by Crippen LogP contribution is -2.53. The molecule has 0 saturated carbocycles. The minimum Gasteiger partial charge on any atom is -0.295 e. The summed E-state index contributed by atoms with van der Waals surface area (Å²) in [4.78, 5) is 37.2. The first-order valence-electron chi connectivity index (χ1n) is 9.28. The fraction of sp³-hybridized carbons (Fsp3) is 0.526. The maximum absolute atomic E-state index is 13.2. The molecule has 8 heteroatoms. The minimum atomic E-state index is -3.74. The average molecular weight is 390 g/mol. The normalized spacial score (nSPS) is 28.8.